The summed E-state index contributed by atoms with van der Waals surface area (Å²) in [5.74, 6) is -0.965. The van der Waals surface area contributed by atoms with Crippen LogP contribution in [0.5, 0.6) is 0 Å². The monoisotopic (exact) mass is 281 g/mol. The second-order valence-electron chi connectivity index (χ2n) is 3.60. The predicted molar refractivity (Wildman–Crippen MR) is 66.5 cm³/mol. The van der Waals surface area contributed by atoms with Gasteiger partial charge in [-0.05, 0) is 6.42 Å². The molecule has 0 radical (unpaired) electrons. The summed E-state index contributed by atoms with van der Waals surface area (Å²) in [7, 11) is -4.34. The fraction of sp³-hybridized carbons (Fsp3) is 0.727. The molecule has 0 aromatic rings. The van der Waals surface area contributed by atoms with Crippen LogP contribution in [0, 0.1) is 0 Å². The quantitative estimate of drug-likeness (QED) is 0.206. The first-order valence-electron chi connectivity index (χ1n) is 6.52. The predicted octanol–water partition coefficient (Wildman–Crippen LogP) is 3.12. The number of rotatable bonds is 11. The van der Waals surface area contributed by atoms with Gasteiger partial charge in [0.05, 0.1) is 6.61 Å². The number of phosphoric ester groups is 1. The highest BCUT2D eigenvalue weighted by molar-refractivity contribution is 7.47. The summed E-state index contributed by atoms with van der Waals surface area (Å²) in [5, 5.41) is 0. The Balaban J connectivity index is 3.50. The van der Waals surface area contributed by atoms with Gasteiger partial charge in [0.15, 0.2) is 0 Å². The van der Waals surface area contributed by atoms with Crippen molar-refractivity contribution < 1.29 is 29.7 Å². The summed E-state index contributed by atoms with van der Waals surface area (Å²) < 4.78 is 26.7. The molecule has 1 N–H and O–H groups in total. The molecule has 0 amide bonds. The van der Waals surface area contributed by atoms with Crippen molar-refractivity contribution in [3.8, 4) is 0 Å². The normalized spacial score (nSPS) is 14.6. The van der Waals surface area contributed by atoms with E-state index in [9.17, 15) is 9.36 Å². The molecule has 0 rings (SSSR count). The van der Waals surface area contributed by atoms with Crippen molar-refractivity contribution in [2.45, 2.75) is 45.4 Å². The molecular weight excluding hydrogens is 259 g/mol. The third kappa shape index (κ3) is 10.5. The van der Waals surface area contributed by atoms with Crippen LogP contribution in [0.2, 0.25) is 0 Å². The Kier molecular flexibility index (Phi) is 8.77. The number of carbonyl (C=O) groups excluding carboxylic acids is 1. The van der Waals surface area contributed by atoms with Crippen LogP contribution in [0.1, 0.15) is 46.8 Å². The maximum Gasteiger partial charge on any atom is 0.508 e. The Bertz CT molecular complexity index is 310. The molecule has 0 bridgehead atoms. The van der Waals surface area contributed by atoms with E-state index in [1.54, 1.807) is 0 Å². The van der Waals surface area contributed by atoms with Gasteiger partial charge in [-0.25, -0.2) is 9.36 Å². The molecule has 106 valence electrons. The Morgan fingerprint density at radius 3 is 2.72 bits per heavy atom. The lowest BCUT2D eigenvalue weighted by Crippen LogP contribution is -2.03. The van der Waals surface area contributed by atoms with Crippen LogP contribution in [-0.2, 0) is 23.4 Å². The van der Waals surface area contributed by atoms with Gasteiger partial charge in [-0.3, -0.25) is 9.41 Å². The van der Waals surface area contributed by atoms with Gasteiger partial charge in [0.1, 0.15) is 0 Å². The van der Waals surface area contributed by atoms with Gasteiger partial charge in [0.25, 0.3) is 0 Å². The van der Waals surface area contributed by atoms with E-state index in [-0.39, 0.29) is 6.61 Å². The molecule has 0 saturated carbocycles. The number of hydrogen-bond acceptors (Lipinski definition) is 5. The Morgan fingerprint density at radius 2 is 2.06 bits per heavy atom. The molecule has 0 spiro atoms. The van der Waals surface area contributed by atoms with Crippen molar-refractivity contribution >= 4 is 13.8 Å². The van der Waals surface area contributed by atoms with Crippen molar-refractivity contribution in [1.29, 1.82) is 0 Å². The fourth-order valence-electron chi connectivity index (χ4n) is 1.13. The maximum absolute atomic E-state index is 11.2. The molecular formula is C11H21O6P. The molecule has 0 saturated heterocycles. The van der Waals surface area contributed by atoms with Crippen LogP contribution in [0.4, 0.5) is 0 Å². The SMILES string of the molecule is [2H]CCCCCCCCOP(=O)(O)OOC(=O)C=C. The number of carbonyl (C=O) groups is 1. The number of hydrogen-bond donors (Lipinski definition) is 1. The molecule has 0 aromatic heterocycles. The largest absolute Gasteiger partial charge is 0.508 e. The van der Waals surface area contributed by atoms with E-state index in [0.717, 1.165) is 38.2 Å². The van der Waals surface area contributed by atoms with Gasteiger partial charge in [-0.2, -0.15) is 0 Å². The number of unbranched alkanes of at least 4 members (excludes halogenated alkanes) is 5. The summed E-state index contributed by atoms with van der Waals surface area (Å²) >= 11 is 0. The lowest BCUT2D eigenvalue weighted by atomic mass is 10.1. The van der Waals surface area contributed by atoms with Gasteiger partial charge in [0, 0.05) is 7.45 Å². The van der Waals surface area contributed by atoms with E-state index >= 15 is 0 Å². The van der Waals surface area contributed by atoms with Gasteiger partial charge in [0.2, 0.25) is 0 Å². The van der Waals surface area contributed by atoms with Gasteiger partial charge >= 0.3 is 13.8 Å². The van der Waals surface area contributed by atoms with E-state index in [2.05, 4.69) is 20.7 Å². The summed E-state index contributed by atoms with van der Waals surface area (Å²) in [6.45, 7) is 3.61. The van der Waals surface area contributed by atoms with E-state index < -0.39 is 13.8 Å². The lowest BCUT2D eigenvalue weighted by Gasteiger charge is -2.09. The average Bonchev–Trinajstić information content (AvgIpc) is 2.39. The van der Waals surface area contributed by atoms with Crippen LogP contribution >= 0.6 is 7.82 Å². The van der Waals surface area contributed by atoms with Crippen molar-refractivity contribution in [2.24, 2.45) is 0 Å². The molecule has 1 atom stereocenters. The molecule has 18 heavy (non-hydrogen) atoms. The van der Waals surface area contributed by atoms with Crippen LogP contribution in [0.3, 0.4) is 0 Å². The molecule has 0 aliphatic rings. The van der Waals surface area contributed by atoms with E-state index in [0.29, 0.717) is 13.3 Å². The maximum atomic E-state index is 11.2. The molecule has 0 aliphatic heterocycles. The molecule has 7 heteroatoms. The zero-order valence-electron chi connectivity index (χ0n) is 11.4. The van der Waals surface area contributed by atoms with Gasteiger partial charge in [-0.15, -0.1) is 0 Å². The van der Waals surface area contributed by atoms with Crippen molar-refractivity contribution in [3.05, 3.63) is 12.7 Å². The molecule has 0 fully saturated rings. The van der Waals surface area contributed by atoms with E-state index in [1.165, 1.54) is 0 Å². The Labute approximate surface area is 109 Å². The summed E-state index contributed by atoms with van der Waals surface area (Å²) in [5.41, 5.74) is 0. The van der Waals surface area contributed by atoms with Crippen LogP contribution < -0.4 is 0 Å². The van der Waals surface area contributed by atoms with E-state index in [1.807, 2.05) is 0 Å². The first kappa shape index (κ1) is 15.4. The topological polar surface area (TPSA) is 82.1 Å². The molecule has 0 aromatic carbocycles. The van der Waals surface area contributed by atoms with Crippen LogP contribution in [0.15, 0.2) is 12.7 Å². The molecule has 6 nitrogen and oxygen atoms in total. The third-order valence-electron chi connectivity index (χ3n) is 2.03. The second-order valence-corrected chi connectivity index (χ2v) is 4.95. The summed E-state index contributed by atoms with van der Waals surface area (Å²) in [4.78, 5) is 23.7. The second kappa shape index (κ2) is 10.3. The molecule has 0 aliphatic carbocycles. The standard InChI is InChI=1S/C11H21O6P/c1-3-5-6-7-8-9-10-15-18(13,14)17-16-11(12)4-2/h4H,2-3,5-10H2,1H3,(H,13,14)/i1D. The smallest absolute Gasteiger partial charge is 0.300 e. The van der Waals surface area contributed by atoms with Crippen LogP contribution in [-0.4, -0.2) is 17.5 Å². The highest BCUT2D eigenvalue weighted by Gasteiger charge is 2.24. The highest BCUT2D eigenvalue weighted by Crippen LogP contribution is 2.43. The van der Waals surface area contributed by atoms with Crippen LogP contribution in [0.25, 0.3) is 0 Å². The fourth-order valence-corrected chi connectivity index (χ4v) is 1.70. The number of phosphoric acid groups is 1. The summed E-state index contributed by atoms with van der Waals surface area (Å²) in [6, 6.07) is 0. The third-order valence-corrected chi connectivity index (χ3v) is 2.80. The minimum absolute atomic E-state index is 0.0534. The zero-order valence-corrected chi connectivity index (χ0v) is 11.3. The van der Waals surface area contributed by atoms with Gasteiger partial charge in [-0.1, -0.05) is 50.3 Å². The minimum Gasteiger partial charge on any atom is -0.300 e. The van der Waals surface area contributed by atoms with Crippen molar-refractivity contribution in [3.63, 3.8) is 0 Å². The Morgan fingerprint density at radius 1 is 1.39 bits per heavy atom. The first-order valence-corrected chi connectivity index (χ1v) is 7.30. The van der Waals surface area contributed by atoms with E-state index in [4.69, 9.17) is 6.26 Å². The molecule has 1 unspecified atom stereocenters. The Hall–Kier alpha value is -0.680. The first-order chi connectivity index (χ1) is 9.02. The van der Waals surface area contributed by atoms with Crippen molar-refractivity contribution in [1.82, 2.24) is 0 Å². The minimum atomic E-state index is -4.34. The van der Waals surface area contributed by atoms with Crippen molar-refractivity contribution in [2.75, 3.05) is 6.61 Å². The summed E-state index contributed by atoms with van der Waals surface area (Å²) in [6.07, 6.45) is 6.26. The average molecular weight is 281 g/mol. The molecule has 0 heterocycles. The lowest BCUT2D eigenvalue weighted by molar-refractivity contribution is -0.217. The zero-order chi connectivity index (χ0) is 14.6. The highest BCUT2D eigenvalue weighted by atomic mass is 31.2. The van der Waals surface area contributed by atoms with Gasteiger partial charge < -0.3 is 4.89 Å².